The normalized spacial score (nSPS) is 20.0. The van der Waals surface area contributed by atoms with Crippen molar-refractivity contribution < 1.29 is 78.3 Å². The number of pyridine rings is 4. The Labute approximate surface area is 854 Å². The number of nitrogens with one attached hydrogen (secondary N) is 4. The van der Waals surface area contributed by atoms with E-state index in [2.05, 4.69) is 130 Å². The van der Waals surface area contributed by atoms with E-state index in [-0.39, 0.29) is 172 Å². The van der Waals surface area contributed by atoms with Gasteiger partial charge in [0.05, 0.1) is 77.3 Å². The van der Waals surface area contributed by atoms with E-state index in [1.807, 2.05) is 52.8 Å². The van der Waals surface area contributed by atoms with Crippen LogP contribution in [0.15, 0.2) is 85.7 Å². The van der Waals surface area contributed by atoms with Crippen molar-refractivity contribution in [1.29, 1.82) is 10.5 Å². The minimum atomic E-state index is -4.50. The molecule has 11 fully saturated rings. The van der Waals surface area contributed by atoms with Crippen LogP contribution >= 0.6 is 0 Å². The van der Waals surface area contributed by atoms with Gasteiger partial charge < -0.3 is 79.9 Å². The third kappa shape index (κ3) is 25.8. The van der Waals surface area contributed by atoms with Gasteiger partial charge in [-0.2, -0.15) is 83.7 Å². The minimum absolute atomic E-state index is 0.00926. The highest BCUT2D eigenvalue weighted by molar-refractivity contribution is 5.95. The summed E-state index contributed by atoms with van der Waals surface area (Å²) >= 11 is 0. The Morgan fingerprint density at radius 1 is 0.510 bits per heavy atom. The molecule has 784 valence electrons. The van der Waals surface area contributed by atoms with E-state index < -0.39 is 59.2 Å². The number of hydrogen-bond donors (Lipinski definition) is 6. The first kappa shape index (κ1) is 104. The monoisotopic (exact) mass is 2050 g/mol. The number of hydrogen-bond acceptors (Lipinski definition) is 34. The van der Waals surface area contributed by atoms with Crippen LogP contribution in [-0.2, 0) is 0 Å². The molecule has 5 aliphatic carbocycles. The van der Waals surface area contributed by atoms with Gasteiger partial charge >= 0.3 is 30.2 Å². The van der Waals surface area contributed by atoms with Gasteiger partial charge in [0.2, 0.25) is 29.5 Å². The van der Waals surface area contributed by atoms with E-state index in [0.717, 1.165) is 141 Å². The van der Waals surface area contributed by atoms with E-state index in [0.29, 0.717) is 129 Å². The number of nitriles is 2. The molecule has 1 unspecified atom stereocenters. The molecule has 0 bridgehead atoms. The maximum atomic E-state index is 13.8. The van der Waals surface area contributed by atoms with E-state index in [1.54, 1.807) is 55.4 Å². The number of rotatable bonds is 32. The number of H-pyrrole nitrogens is 2. The lowest BCUT2D eigenvalue weighted by atomic mass is 9.81. The number of nitrogens with two attached hydrogens (primary N) is 2. The third-order valence-electron chi connectivity index (χ3n) is 29.5. The molecule has 11 aliphatic rings. The SMILES string of the molecule is C#CC1(COc2nc(C(=O)N3CCC(F)(F)C3)cc(N3CCC(c4[nH]nc5ncccc45)CC3)n2)CC1.C#CC1(COc2nc(C(=O)N3CCCC3C(F)(F)F)cc(N3CCC(c4[nH]nc5ncccc45)CC3)n2)CC1.CC[C@@H](C)NC(=O)c1nc(OCC2(C#N)CC2)nc(N2CCC(COc3cnccc3N)CC2)n1.N#CC1(COc2nc(C(=O)NCC3CC(F)(F)C3)nc(N3CCC(COc4cnccc4N)CC3)n2)CC1. The molecular weight excluding hydrogens is 1940 g/mol. The van der Waals surface area contributed by atoms with Gasteiger partial charge in [-0.15, -0.1) is 12.8 Å². The number of carbonyl (C=O) groups is 4. The standard InChI is InChI=1S/C27H28F3N7O2.C26H27F2N7O2.C25H30F2N8O3.C24H32N8O3/c1-2-26(9-10-26)16-39-25-32-19(24(38)37-12-4-6-20(37)27(28,29)30)15-21(33-25)36-13-7-17(8-14-36)22-18-5-3-11-31-23(18)35-34-22;1-2-25(7-8-25)16-37-24-30-19(23(36)35-13-9-26(27,28)15-35)14-20(31-24)34-11-5-17(6-12-34)21-18-4-3-10-29-22(18)33-32-21;26-25(27)9-17(10-25)11-31-21(36)20-32-22(34-23(33-20)38-15-24(14-28)4-5-24)35-7-2-16(3-8-35)13-37-19-12-30-6-1-18(19)29;1-3-16(2)28-21(33)20-29-22(31-23(30-20)35-15-24(14-25)7-8-24)32-10-5-17(6-11-32)13-34-19-12-27-9-4-18(19)26/h1,3,5,11,15,17,20H,4,6-10,12-14,16H2,(H,31,34,35);1,3-4,10,14,17H,5-9,11-13,15-16H2,(H,29,32,33);1,6,12,16-17H,2-5,7-11,13,15H2,(H2,29,30)(H,31,36);4,9,12,16-17H,3,5-8,10-11,13,15H2,1-2H3,(H2,26,27)(H,28,33)/t;;;16-/m...1/s1. The lowest BCUT2D eigenvalue weighted by molar-refractivity contribution is -0.169. The van der Waals surface area contributed by atoms with Crippen molar-refractivity contribution >= 4 is 80.6 Å². The number of anilines is 6. The summed E-state index contributed by atoms with van der Waals surface area (Å²) < 4.78 is 129. The lowest BCUT2D eigenvalue weighted by Gasteiger charge is -2.34. The third-order valence-corrected chi connectivity index (χ3v) is 29.5. The maximum absolute atomic E-state index is 13.8. The second-order valence-corrected chi connectivity index (χ2v) is 40.6. The second-order valence-electron chi connectivity index (χ2n) is 40.6. The zero-order chi connectivity index (χ0) is 104. The number of fused-ring (bicyclic) bond motifs is 2. The summed E-state index contributed by atoms with van der Waals surface area (Å²) in [7, 11) is 0. The van der Waals surface area contributed by atoms with Gasteiger partial charge in [-0.25, -0.2) is 27.5 Å². The molecule has 5 saturated carbocycles. The molecule has 8 N–H and O–H groups in total. The van der Waals surface area contributed by atoms with Crippen LogP contribution in [0.25, 0.3) is 22.1 Å². The van der Waals surface area contributed by atoms with Crippen molar-refractivity contribution in [3.05, 3.63) is 120 Å². The van der Waals surface area contributed by atoms with Crippen molar-refractivity contribution in [1.82, 2.24) is 111 Å². The summed E-state index contributed by atoms with van der Waals surface area (Å²) in [6.45, 7) is 10.5. The number of amides is 4. The number of nitrogen functional groups attached to an aromatic ring is 2. The topological polar surface area (TPSA) is 505 Å². The molecule has 16 heterocycles. The first-order valence-corrected chi connectivity index (χ1v) is 50.6. The molecule has 4 amide bonds. The van der Waals surface area contributed by atoms with Crippen LogP contribution in [0.4, 0.5) is 65.6 Å². The van der Waals surface area contributed by atoms with Crippen LogP contribution in [0.3, 0.4) is 0 Å². The van der Waals surface area contributed by atoms with Gasteiger partial charge in [0, 0.05) is 168 Å². The predicted octanol–water partition coefficient (Wildman–Crippen LogP) is 12.5. The number of terminal acetylenes is 2. The fourth-order valence-corrected chi connectivity index (χ4v) is 18.9. The number of halogens is 7. The van der Waals surface area contributed by atoms with Crippen LogP contribution in [0, 0.1) is 86.8 Å². The molecule has 6 aliphatic heterocycles. The van der Waals surface area contributed by atoms with E-state index in [4.69, 9.17) is 52.7 Å². The second kappa shape index (κ2) is 44.5. The minimum Gasteiger partial charge on any atom is -0.490 e. The van der Waals surface area contributed by atoms with Crippen LogP contribution in [-0.4, -0.2) is 272 Å². The summed E-state index contributed by atoms with van der Waals surface area (Å²) in [5, 5.41) is 41.2. The Kier molecular flexibility index (Phi) is 31.0. The zero-order valence-electron chi connectivity index (χ0n) is 82.7. The molecule has 21 rings (SSSR count). The number of alkyl halides is 7. The van der Waals surface area contributed by atoms with Gasteiger partial charge in [-0.3, -0.25) is 39.3 Å². The quantitative estimate of drug-likeness (QED) is 0.0168. The molecule has 0 spiro atoms. The summed E-state index contributed by atoms with van der Waals surface area (Å²) in [6.07, 6.45) is 29.8. The Morgan fingerprint density at radius 2 is 0.946 bits per heavy atom. The molecule has 47 heteroatoms. The smallest absolute Gasteiger partial charge is 0.408 e. The van der Waals surface area contributed by atoms with Gasteiger partial charge in [0.1, 0.15) is 55.5 Å². The molecular formula is C102H117F7N30O10. The van der Waals surface area contributed by atoms with Crippen LogP contribution < -0.4 is 70.1 Å². The number of ether oxygens (including phenoxy) is 6. The van der Waals surface area contributed by atoms with Crippen molar-refractivity contribution in [3.63, 3.8) is 0 Å². The van der Waals surface area contributed by atoms with Crippen molar-refractivity contribution in [2.75, 3.05) is 149 Å². The molecule has 149 heavy (non-hydrogen) atoms. The lowest BCUT2D eigenvalue weighted by Crippen LogP contribution is -2.45. The molecule has 0 aromatic carbocycles. The van der Waals surface area contributed by atoms with Crippen LogP contribution in [0.5, 0.6) is 35.5 Å². The number of piperidine rings is 4. The van der Waals surface area contributed by atoms with Gasteiger partial charge in [0.25, 0.3) is 29.6 Å². The Morgan fingerprint density at radius 3 is 1.36 bits per heavy atom. The molecule has 40 nitrogen and oxygen atoms in total. The molecule has 2 atom stereocenters. The Balaban J connectivity index is 0.000000130. The largest absolute Gasteiger partial charge is 0.490 e. The first-order valence-electron chi connectivity index (χ1n) is 50.6. The van der Waals surface area contributed by atoms with Gasteiger partial charge in [-0.1, -0.05) is 18.8 Å². The number of nitrogens with zero attached hydrogens (tertiary/aromatic N) is 24. The molecule has 6 saturated heterocycles. The Bertz CT molecular complexity index is 6640. The molecule has 0 radical (unpaired) electrons. The van der Waals surface area contributed by atoms with E-state index in [1.165, 1.54) is 6.07 Å². The fraction of sp³-hybridized carbons (Fsp3) is 0.549. The van der Waals surface area contributed by atoms with Crippen molar-refractivity contribution in [3.8, 4) is 72.4 Å². The van der Waals surface area contributed by atoms with Gasteiger partial charge in [-0.05, 0) is 183 Å². The zero-order valence-corrected chi connectivity index (χ0v) is 82.7. The first-order chi connectivity index (χ1) is 71.8. The summed E-state index contributed by atoms with van der Waals surface area (Å²) in [6, 6.07) is 17.0. The molecule has 10 aromatic rings. The number of aromatic nitrogens is 18. The van der Waals surface area contributed by atoms with Crippen molar-refractivity contribution in [2.24, 2.45) is 39.4 Å². The van der Waals surface area contributed by atoms with Crippen LogP contribution in [0.2, 0.25) is 0 Å². The number of aromatic amines is 2. The average molecular weight is 2060 g/mol. The summed E-state index contributed by atoms with van der Waals surface area (Å²) in [5.41, 5.74) is 14.7. The highest BCUT2D eigenvalue weighted by Crippen LogP contribution is 2.50. The average Bonchev–Trinajstić information content (AvgIpc) is 1.70. The Hall–Kier alpha value is -15.2. The number of likely N-dealkylation sites (tertiary alicyclic amines) is 2. The fourth-order valence-electron chi connectivity index (χ4n) is 18.9. The number of carbonyl (C=O) groups excluding carboxylic acids is 4. The van der Waals surface area contributed by atoms with E-state index >= 15 is 0 Å². The van der Waals surface area contributed by atoms with Crippen LogP contribution in [0.1, 0.15) is 221 Å². The van der Waals surface area contributed by atoms with Gasteiger partial charge in [0.15, 0.2) is 22.8 Å². The highest BCUT2D eigenvalue weighted by atomic mass is 19.4. The van der Waals surface area contributed by atoms with Crippen molar-refractivity contribution in [2.45, 2.75) is 197 Å². The predicted molar refractivity (Wildman–Crippen MR) is 528 cm³/mol. The maximum Gasteiger partial charge on any atom is 0.408 e. The summed E-state index contributed by atoms with van der Waals surface area (Å²) in [4.78, 5) is 122. The highest BCUT2D eigenvalue weighted by Gasteiger charge is 2.51. The molecule has 10 aromatic heterocycles. The van der Waals surface area contributed by atoms with E-state index in [9.17, 15) is 60.4 Å². The summed E-state index contributed by atoms with van der Waals surface area (Å²) in [5.74, 6) is 1.28.